The molecule has 1 saturated heterocycles. The van der Waals surface area contributed by atoms with E-state index in [4.69, 9.17) is 17.0 Å². The summed E-state index contributed by atoms with van der Waals surface area (Å²) in [5, 5.41) is 16.2. The van der Waals surface area contributed by atoms with E-state index in [-0.39, 0.29) is 16.7 Å². The number of nitrogens with one attached hydrogen (secondary N) is 2. The lowest BCUT2D eigenvalue weighted by atomic mass is 10.1. The molecule has 31 heavy (non-hydrogen) atoms. The molecule has 0 bridgehead atoms. The molecule has 3 rings (SSSR count). The van der Waals surface area contributed by atoms with E-state index in [1.54, 1.807) is 35.2 Å². The molecule has 0 aromatic heterocycles. The van der Waals surface area contributed by atoms with E-state index < -0.39 is 10.8 Å². The standard InChI is InChI=1S/C21H20N4O5S/c26-19(8-7-15-3-1-6-18(13-15)25(28)29)23-21(31)22-17-5-2-4-16(14-17)20(27)24-9-11-30-12-10-24/h1-8,13-14H,9-12H2,(H2,22,23,26,31)/b8-7+. The fourth-order valence-corrected chi connectivity index (χ4v) is 3.13. The number of amides is 2. The molecule has 160 valence electrons. The van der Waals surface area contributed by atoms with Crippen LogP contribution in [0.5, 0.6) is 0 Å². The van der Waals surface area contributed by atoms with Crippen LogP contribution < -0.4 is 10.6 Å². The van der Waals surface area contributed by atoms with Gasteiger partial charge in [-0.2, -0.15) is 0 Å². The van der Waals surface area contributed by atoms with E-state index in [9.17, 15) is 19.7 Å². The summed E-state index contributed by atoms with van der Waals surface area (Å²) in [6.45, 7) is 2.12. The molecule has 1 aliphatic heterocycles. The number of carbonyl (C=O) groups is 2. The van der Waals surface area contributed by atoms with Crippen molar-refractivity contribution in [3.05, 3.63) is 75.8 Å². The van der Waals surface area contributed by atoms with Crippen molar-refractivity contribution in [1.29, 1.82) is 0 Å². The van der Waals surface area contributed by atoms with Crippen molar-refractivity contribution in [2.24, 2.45) is 0 Å². The molecule has 0 atom stereocenters. The number of benzene rings is 2. The minimum Gasteiger partial charge on any atom is -0.378 e. The van der Waals surface area contributed by atoms with E-state index in [0.29, 0.717) is 43.1 Å². The van der Waals surface area contributed by atoms with Crippen molar-refractivity contribution < 1.29 is 19.2 Å². The Kier molecular flexibility index (Phi) is 7.41. The first kappa shape index (κ1) is 22.1. The predicted molar refractivity (Wildman–Crippen MR) is 120 cm³/mol. The maximum atomic E-state index is 12.6. The van der Waals surface area contributed by atoms with Crippen molar-refractivity contribution in [2.75, 3.05) is 31.6 Å². The third-order valence-electron chi connectivity index (χ3n) is 4.41. The Balaban J connectivity index is 1.56. The molecular formula is C21H20N4O5S. The molecule has 1 heterocycles. The van der Waals surface area contributed by atoms with Gasteiger partial charge < -0.3 is 15.0 Å². The number of nitro benzene ring substituents is 1. The molecule has 0 aliphatic carbocycles. The second-order valence-electron chi connectivity index (χ2n) is 6.61. The van der Waals surface area contributed by atoms with Crippen LogP contribution in [0.1, 0.15) is 15.9 Å². The summed E-state index contributed by atoms with van der Waals surface area (Å²) < 4.78 is 5.26. The first-order valence-electron chi connectivity index (χ1n) is 9.44. The quantitative estimate of drug-likeness (QED) is 0.318. The minimum atomic E-state index is -0.506. The Morgan fingerprint density at radius 1 is 1.13 bits per heavy atom. The molecule has 2 amide bonds. The van der Waals surface area contributed by atoms with Crippen LogP contribution in [0, 0.1) is 10.1 Å². The van der Waals surface area contributed by atoms with Gasteiger partial charge in [-0.05, 0) is 42.1 Å². The Hall–Kier alpha value is -3.63. The number of non-ortho nitro benzene ring substituents is 1. The Morgan fingerprint density at radius 3 is 2.61 bits per heavy atom. The fraction of sp³-hybridized carbons (Fsp3) is 0.190. The number of hydrogen-bond acceptors (Lipinski definition) is 6. The SMILES string of the molecule is O=C(/C=C/c1cccc([N+](=O)[O-])c1)NC(=S)Nc1cccc(C(=O)N2CCOCC2)c1. The maximum Gasteiger partial charge on any atom is 0.270 e. The number of hydrogen-bond donors (Lipinski definition) is 2. The van der Waals surface area contributed by atoms with Gasteiger partial charge in [0.1, 0.15) is 0 Å². The van der Waals surface area contributed by atoms with Crippen LogP contribution in [-0.4, -0.2) is 53.1 Å². The summed E-state index contributed by atoms with van der Waals surface area (Å²) in [4.78, 5) is 36.7. The van der Waals surface area contributed by atoms with Crippen LogP contribution in [0.2, 0.25) is 0 Å². The van der Waals surface area contributed by atoms with E-state index in [0.717, 1.165) is 0 Å². The highest BCUT2D eigenvalue weighted by molar-refractivity contribution is 7.80. The average molecular weight is 440 g/mol. The molecule has 0 saturated carbocycles. The first-order chi connectivity index (χ1) is 14.9. The smallest absolute Gasteiger partial charge is 0.270 e. The van der Waals surface area contributed by atoms with Gasteiger partial charge in [0.05, 0.1) is 18.1 Å². The summed E-state index contributed by atoms with van der Waals surface area (Å²) in [6.07, 6.45) is 2.68. The van der Waals surface area contributed by atoms with Gasteiger partial charge in [0.15, 0.2) is 5.11 Å². The average Bonchev–Trinajstić information content (AvgIpc) is 2.78. The molecule has 10 heteroatoms. The molecule has 2 aromatic carbocycles. The zero-order chi connectivity index (χ0) is 22.2. The van der Waals surface area contributed by atoms with Gasteiger partial charge in [0.2, 0.25) is 5.91 Å². The van der Waals surface area contributed by atoms with Crippen LogP contribution >= 0.6 is 12.2 Å². The largest absolute Gasteiger partial charge is 0.378 e. The molecule has 0 spiro atoms. The first-order valence-corrected chi connectivity index (χ1v) is 9.85. The molecule has 1 fully saturated rings. The zero-order valence-corrected chi connectivity index (χ0v) is 17.3. The van der Waals surface area contributed by atoms with Crippen LogP contribution in [0.25, 0.3) is 6.08 Å². The van der Waals surface area contributed by atoms with Crippen molar-refractivity contribution >= 4 is 46.6 Å². The van der Waals surface area contributed by atoms with Crippen molar-refractivity contribution in [3.63, 3.8) is 0 Å². The van der Waals surface area contributed by atoms with Gasteiger partial charge in [-0.15, -0.1) is 0 Å². The van der Waals surface area contributed by atoms with Crippen molar-refractivity contribution in [1.82, 2.24) is 10.2 Å². The number of nitro groups is 1. The lowest BCUT2D eigenvalue weighted by Crippen LogP contribution is -2.40. The second-order valence-corrected chi connectivity index (χ2v) is 7.02. The summed E-state index contributed by atoms with van der Waals surface area (Å²) in [7, 11) is 0. The van der Waals surface area contributed by atoms with Crippen molar-refractivity contribution in [3.8, 4) is 0 Å². The van der Waals surface area contributed by atoms with Crippen LogP contribution in [0.4, 0.5) is 11.4 Å². The lowest BCUT2D eigenvalue weighted by Gasteiger charge is -2.27. The van der Waals surface area contributed by atoms with E-state index in [1.165, 1.54) is 30.4 Å². The highest BCUT2D eigenvalue weighted by Crippen LogP contribution is 2.15. The zero-order valence-electron chi connectivity index (χ0n) is 16.4. The van der Waals surface area contributed by atoms with Crippen LogP contribution in [0.15, 0.2) is 54.6 Å². The number of ether oxygens (including phenoxy) is 1. The monoisotopic (exact) mass is 440 g/mol. The van der Waals surface area contributed by atoms with Crippen LogP contribution in [-0.2, 0) is 9.53 Å². The molecule has 1 aliphatic rings. The molecule has 2 aromatic rings. The van der Waals surface area contributed by atoms with Gasteiger partial charge >= 0.3 is 0 Å². The molecule has 2 N–H and O–H groups in total. The van der Waals surface area contributed by atoms with E-state index in [1.807, 2.05) is 0 Å². The van der Waals surface area contributed by atoms with Crippen LogP contribution in [0.3, 0.4) is 0 Å². The highest BCUT2D eigenvalue weighted by Gasteiger charge is 2.18. The normalized spacial score (nSPS) is 13.6. The lowest BCUT2D eigenvalue weighted by molar-refractivity contribution is -0.384. The summed E-state index contributed by atoms with van der Waals surface area (Å²) in [5.74, 6) is -0.591. The Labute approximate surface area is 183 Å². The van der Waals surface area contributed by atoms with Crippen molar-refractivity contribution in [2.45, 2.75) is 0 Å². The minimum absolute atomic E-state index is 0.0599. The predicted octanol–water partition coefficient (Wildman–Crippen LogP) is 2.59. The third kappa shape index (κ3) is 6.43. The van der Waals surface area contributed by atoms with Gasteiger partial charge in [-0.3, -0.25) is 25.0 Å². The number of anilines is 1. The summed E-state index contributed by atoms with van der Waals surface area (Å²) in [5.41, 5.74) is 1.52. The topological polar surface area (TPSA) is 114 Å². The number of carbonyl (C=O) groups excluding carboxylic acids is 2. The Morgan fingerprint density at radius 2 is 1.87 bits per heavy atom. The molecule has 9 nitrogen and oxygen atoms in total. The van der Waals surface area contributed by atoms with Gasteiger partial charge in [0.25, 0.3) is 11.6 Å². The second kappa shape index (κ2) is 10.4. The van der Waals surface area contributed by atoms with Gasteiger partial charge in [-0.1, -0.05) is 18.2 Å². The summed E-state index contributed by atoms with van der Waals surface area (Å²) >= 11 is 5.15. The van der Waals surface area contributed by atoms with Gasteiger partial charge in [-0.25, -0.2) is 0 Å². The number of nitrogens with zero attached hydrogens (tertiary/aromatic N) is 2. The molecule has 0 unspecified atom stereocenters. The van der Waals surface area contributed by atoms with Gasteiger partial charge in [0, 0.05) is 42.5 Å². The number of thiocarbonyl (C=S) groups is 1. The number of morpholine rings is 1. The van der Waals surface area contributed by atoms with E-state index >= 15 is 0 Å². The molecule has 0 radical (unpaired) electrons. The highest BCUT2D eigenvalue weighted by atomic mass is 32.1. The maximum absolute atomic E-state index is 12.6. The van der Waals surface area contributed by atoms with E-state index in [2.05, 4.69) is 10.6 Å². The molecular weight excluding hydrogens is 420 g/mol. The number of rotatable bonds is 5. The fourth-order valence-electron chi connectivity index (χ4n) is 2.91. The third-order valence-corrected chi connectivity index (χ3v) is 4.61. The Bertz CT molecular complexity index is 1030. The summed E-state index contributed by atoms with van der Waals surface area (Å²) in [6, 6.07) is 12.7.